The monoisotopic (exact) mass is 272 g/mol. The predicted octanol–water partition coefficient (Wildman–Crippen LogP) is 3.79. The van der Waals surface area contributed by atoms with Gasteiger partial charge in [-0.05, 0) is 36.0 Å². The summed E-state index contributed by atoms with van der Waals surface area (Å²) < 4.78 is 38.3. The lowest BCUT2D eigenvalue weighted by Crippen LogP contribution is -2.38. The number of hydrogen-bond acceptors (Lipinski definition) is 2. The van der Waals surface area contributed by atoms with Crippen LogP contribution in [0.3, 0.4) is 0 Å². The van der Waals surface area contributed by atoms with E-state index in [4.69, 9.17) is 5.84 Å². The fourth-order valence-corrected chi connectivity index (χ4v) is 3.07. The number of hydrogen-bond donors (Lipinski definition) is 2. The van der Waals surface area contributed by atoms with Crippen LogP contribution in [0, 0.1) is 5.41 Å². The summed E-state index contributed by atoms with van der Waals surface area (Å²) in [6, 6.07) is 5.21. The van der Waals surface area contributed by atoms with E-state index in [0.29, 0.717) is 5.56 Å². The van der Waals surface area contributed by atoms with E-state index in [2.05, 4.69) is 12.3 Å². The summed E-state index contributed by atoms with van der Waals surface area (Å²) in [6.07, 6.45) is -0.136. The lowest BCUT2D eigenvalue weighted by atomic mass is 9.77. The zero-order valence-electron chi connectivity index (χ0n) is 10.9. The Morgan fingerprint density at radius 1 is 1.26 bits per heavy atom. The largest absolute Gasteiger partial charge is 0.416 e. The Kier molecular flexibility index (Phi) is 3.87. The molecule has 0 heterocycles. The zero-order valence-corrected chi connectivity index (χ0v) is 10.9. The first-order valence-corrected chi connectivity index (χ1v) is 6.50. The SMILES string of the molecule is CC1(C(NN)c2cccc(C(F)(F)F)c2)CCCC1. The molecule has 2 rings (SSSR count). The third-order valence-corrected chi connectivity index (χ3v) is 4.16. The van der Waals surface area contributed by atoms with E-state index in [1.54, 1.807) is 6.07 Å². The molecule has 1 unspecified atom stereocenters. The van der Waals surface area contributed by atoms with Gasteiger partial charge in [0, 0.05) is 0 Å². The minimum Gasteiger partial charge on any atom is -0.271 e. The fraction of sp³-hybridized carbons (Fsp3) is 0.571. The minimum atomic E-state index is -4.31. The molecule has 19 heavy (non-hydrogen) atoms. The van der Waals surface area contributed by atoms with E-state index in [1.165, 1.54) is 12.1 Å². The highest BCUT2D eigenvalue weighted by atomic mass is 19.4. The van der Waals surface area contributed by atoms with Gasteiger partial charge in [0.25, 0.3) is 0 Å². The van der Waals surface area contributed by atoms with Gasteiger partial charge < -0.3 is 0 Å². The van der Waals surface area contributed by atoms with E-state index in [0.717, 1.165) is 31.7 Å². The van der Waals surface area contributed by atoms with E-state index in [9.17, 15) is 13.2 Å². The van der Waals surface area contributed by atoms with Crippen LogP contribution in [-0.2, 0) is 6.18 Å². The van der Waals surface area contributed by atoms with Crippen LogP contribution in [0.4, 0.5) is 13.2 Å². The summed E-state index contributed by atoms with van der Waals surface area (Å²) in [7, 11) is 0. The van der Waals surface area contributed by atoms with Crippen LogP contribution < -0.4 is 11.3 Å². The van der Waals surface area contributed by atoms with Crippen molar-refractivity contribution in [3.05, 3.63) is 35.4 Å². The second kappa shape index (κ2) is 5.13. The molecule has 106 valence electrons. The highest BCUT2D eigenvalue weighted by Crippen LogP contribution is 2.47. The molecule has 1 aliphatic carbocycles. The maximum atomic E-state index is 12.8. The second-order valence-electron chi connectivity index (χ2n) is 5.58. The highest BCUT2D eigenvalue weighted by Gasteiger charge is 2.38. The Balaban J connectivity index is 2.33. The van der Waals surface area contributed by atoms with Crippen LogP contribution in [0.1, 0.15) is 49.8 Å². The topological polar surface area (TPSA) is 38.0 Å². The van der Waals surface area contributed by atoms with Crippen LogP contribution in [0.15, 0.2) is 24.3 Å². The molecule has 1 aromatic carbocycles. The summed E-state index contributed by atoms with van der Waals surface area (Å²) in [6.45, 7) is 2.09. The van der Waals surface area contributed by atoms with Gasteiger partial charge in [0.05, 0.1) is 11.6 Å². The van der Waals surface area contributed by atoms with Gasteiger partial charge in [-0.2, -0.15) is 13.2 Å². The number of halogens is 3. The van der Waals surface area contributed by atoms with Gasteiger partial charge >= 0.3 is 6.18 Å². The molecule has 1 aliphatic rings. The maximum Gasteiger partial charge on any atom is 0.416 e. The third-order valence-electron chi connectivity index (χ3n) is 4.16. The molecule has 1 aromatic rings. The summed E-state index contributed by atoms with van der Waals surface area (Å²) in [5.74, 6) is 5.60. The normalized spacial score (nSPS) is 20.5. The van der Waals surface area contributed by atoms with Gasteiger partial charge in [0.15, 0.2) is 0 Å². The summed E-state index contributed by atoms with van der Waals surface area (Å²) in [4.78, 5) is 0. The summed E-state index contributed by atoms with van der Waals surface area (Å²) >= 11 is 0. The van der Waals surface area contributed by atoms with Crippen molar-refractivity contribution in [2.24, 2.45) is 11.3 Å². The molecule has 3 N–H and O–H groups in total. The number of benzene rings is 1. The van der Waals surface area contributed by atoms with Crippen LogP contribution >= 0.6 is 0 Å². The van der Waals surface area contributed by atoms with Crippen molar-refractivity contribution in [3.63, 3.8) is 0 Å². The van der Waals surface area contributed by atoms with E-state index in [-0.39, 0.29) is 11.5 Å². The minimum absolute atomic E-state index is 0.0705. The quantitative estimate of drug-likeness (QED) is 0.649. The standard InChI is InChI=1S/C14H19F3N2/c1-13(7-2-3-8-13)12(19-18)10-5-4-6-11(9-10)14(15,16)17/h4-6,9,12,19H,2-3,7-8,18H2,1H3. The number of hydrazine groups is 1. The molecule has 0 saturated heterocycles. The number of nitrogens with one attached hydrogen (secondary N) is 1. The molecule has 0 aromatic heterocycles. The average molecular weight is 272 g/mol. The van der Waals surface area contributed by atoms with Crippen molar-refractivity contribution >= 4 is 0 Å². The molecule has 0 radical (unpaired) electrons. The van der Waals surface area contributed by atoms with Crippen LogP contribution in [0.25, 0.3) is 0 Å². The second-order valence-corrected chi connectivity index (χ2v) is 5.58. The van der Waals surface area contributed by atoms with E-state index in [1.807, 2.05) is 0 Å². The van der Waals surface area contributed by atoms with Crippen LogP contribution in [0.5, 0.6) is 0 Å². The predicted molar refractivity (Wildman–Crippen MR) is 68.1 cm³/mol. The Bertz CT molecular complexity index is 437. The highest BCUT2D eigenvalue weighted by molar-refractivity contribution is 5.29. The average Bonchev–Trinajstić information content (AvgIpc) is 2.77. The van der Waals surface area contributed by atoms with Crippen molar-refractivity contribution in [2.45, 2.75) is 44.8 Å². The van der Waals surface area contributed by atoms with Gasteiger partial charge in [0.2, 0.25) is 0 Å². The molecule has 1 saturated carbocycles. The van der Waals surface area contributed by atoms with Crippen molar-refractivity contribution in [2.75, 3.05) is 0 Å². The molecule has 0 spiro atoms. The molecular weight excluding hydrogens is 253 g/mol. The van der Waals surface area contributed by atoms with Gasteiger partial charge in [-0.3, -0.25) is 11.3 Å². The smallest absolute Gasteiger partial charge is 0.271 e. The molecule has 1 atom stereocenters. The van der Waals surface area contributed by atoms with E-state index >= 15 is 0 Å². The van der Waals surface area contributed by atoms with Crippen LogP contribution in [-0.4, -0.2) is 0 Å². The van der Waals surface area contributed by atoms with Crippen LogP contribution in [0.2, 0.25) is 0 Å². The molecule has 1 fully saturated rings. The van der Waals surface area contributed by atoms with E-state index < -0.39 is 11.7 Å². The van der Waals surface area contributed by atoms with Gasteiger partial charge in [0.1, 0.15) is 0 Å². The molecule has 2 nitrogen and oxygen atoms in total. The first-order valence-electron chi connectivity index (χ1n) is 6.50. The lowest BCUT2D eigenvalue weighted by molar-refractivity contribution is -0.137. The number of rotatable bonds is 3. The molecule has 0 bridgehead atoms. The summed E-state index contributed by atoms with van der Waals surface area (Å²) in [5.41, 5.74) is 2.64. The Labute approximate surface area is 111 Å². The van der Waals surface area contributed by atoms with Crippen molar-refractivity contribution in [3.8, 4) is 0 Å². The molecule has 5 heteroatoms. The lowest BCUT2D eigenvalue weighted by Gasteiger charge is -2.34. The van der Waals surface area contributed by atoms with Gasteiger partial charge in [-0.1, -0.05) is 31.9 Å². The van der Waals surface area contributed by atoms with Gasteiger partial charge in [-0.15, -0.1) is 0 Å². The molecular formula is C14H19F3N2. The Morgan fingerprint density at radius 2 is 1.89 bits per heavy atom. The summed E-state index contributed by atoms with van der Waals surface area (Å²) in [5, 5.41) is 0. The number of nitrogens with two attached hydrogens (primary N) is 1. The Hall–Kier alpha value is -1.07. The zero-order chi connectivity index (χ0) is 14.1. The third kappa shape index (κ3) is 2.92. The maximum absolute atomic E-state index is 12.8. The fourth-order valence-electron chi connectivity index (χ4n) is 3.07. The van der Waals surface area contributed by atoms with Crippen molar-refractivity contribution in [1.29, 1.82) is 0 Å². The van der Waals surface area contributed by atoms with Crippen molar-refractivity contribution in [1.82, 2.24) is 5.43 Å². The molecule has 0 aliphatic heterocycles. The molecule has 0 amide bonds. The first kappa shape index (κ1) is 14.3. The first-order chi connectivity index (χ1) is 8.87. The number of alkyl halides is 3. The Morgan fingerprint density at radius 3 is 2.42 bits per heavy atom. The van der Waals surface area contributed by atoms with Gasteiger partial charge in [-0.25, -0.2) is 0 Å². The van der Waals surface area contributed by atoms with Crippen molar-refractivity contribution < 1.29 is 13.2 Å².